The van der Waals surface area contributed by atoms with Crippen molar-refractivity contribution in [3.63, 3.8) is 0 Å². The summed E-state index contributed by atoms with van der Waals surface area (Å²) in [5.74, 6) is 0.144. The maximum atomic E-state index is 8.74. The zero-order valence-corrected chi connectivity index (χ0v) is 4.50. The molecule has 1 aromatic heterocycles. The van der Waals surface area contributed by atoms with Gasteiger partial charge in [0, 0.05) is 19.2 Å². The molecule has 0 fully saturated rings. The van der Waals surface area contributed by atoms with Crippen molar-refractivity contribution < 1.29 is 10.2 Å². The molecule has 0 saturated heterocycles. The summed E-state index contributed by atoms with van der Waals surface area (Å²) in [7, 11) is 1.57. The third-order valence-corrected chi connectivity index (χ3v) is 1.07. The van der Waals surface area contributed by atoms with E-state index in [1.165, 1.54) is 16.7 Å². The highest BCUT2D eigenvalue weighted by molar-refractivity contribution is 5.22. The summed E-state index contributed by atoms with van der Waals surface area (Å²) in [6.07, 6.45) is 0. The lowest BCUT2D eigenvalue weighted by Gasteiger charge is -1.93. The summed E-state index contributed by atoms with van der Waals surface area (Å²) in [6.45, 7) is 0. The number of aromatic nitrogens is 1. The lowest BCUT2D eigenvalue weighted by Crippen LogP contribution is -1.82. The Kier molecular flexibility index (Phi) is 0.901. The first kappa shape index (κ1) is 5.03. The van der Waals surface area contributed by atoms with Crippen LogP contribution in [0.3, 0.4) is 0 Å². The molecule has 2 N–H and O–H groups in total. The van der Waals surface area contributed by atoms with Gasteiger partial charge >= 0.3 is 0 Å². The molecule has 0 aliphatic heterocycles. The van der Waals surface area contributed by atoms with E-state index in [1.807, 2.05) is 0 Å². The van der Waals surface area contributed by atoms with Gasteiger partial charge in [-0.25, -0.2) is 0 Å². The van der Waals surface area contributed by atoms with Gasteiger partial charge in [-0.15, -0.1) is 0 Å². The van der Waals surface area contributed by atoms with Gasteiger partial charge in [0.2, 0.25) is 0 Å². The van der Waals surface area contributed by atoms with Crippen LogP contribution in [-0.2, 0) is 7.05 Å². The molecule has 0 atom stereocenters. The van der Waals surface area contributed by atoms with Crippen LogP contribution in [0.4, 0.5) is 0 Å². The summed E-state index contributed by atoms with van der Waals surface area (Å²) in [6, 6.07) is 2.85. The van der Waals surface area contributed by atoms with Crippen molar-refractivity contribution >= 4 is 0 Å². The topological polar surface area (TPSA) is 45.4 Å². The van der Waals surface area contributed by atoms with Gasteiger partial charge in [0.05, 0.1) is 0 Å². The number of hydrogen-bond donors (Lipinski definition) is 2. The fourth-order valence-electron chi connectivity index (χ4n) is 0.490. The van der Waals surface area contributed by atoms with Crippen molar-refractivity contribution in [1.82, 2.24) is 4.57 Å². The average Bonchev–Trinajstić information content (AvgIpc) is 1.98. The molecule has 0 amide bonds. The second-order valence-electron chi connectivity index (χ2n) is 1.61. The maximum absolute atomic E-state index is 8.74. The van der Waals surface area contributed by atoms with Gasteiger partial charge < -0.3 is 10.2 Å². The molecule has 0 aliphatic carbocycles. The Hall–Kier alpha value is -1.12. The maximum Gasteiger partial charge on any atom is 0.193 e. The second-order valence-corrected chi connectivity index (χ2v) is 1.61. The van der Waals surface area contributed by atoms with Crippen molar-refractivity contribution in [2.45, 2.75) is 0 Å². The highest BCUT2D eigenvalue weighted by Gasteiger charge is 1.96. The predicted molar refractivity (Wildman–Crippen MR) is 28.7 cm³/mol. The summed E-state index contributed by atoms with van der Waals surface area (Å²) in [5.41, 5.74) is 0. The quantitative estimate of drug-likeness (QED) is 0.512. The Bertz CT molecular complexity index is 173. The number of nitrogens with zero attached hydrogens (tertiary/aromatic N) is 1. The van der Waals surface area contributed by atoms with Gasteiger partial charge in [0.25, 0.3) is 0 Å². The predicted octanol–water partition coefficient (Wildman–Crippen LogP) is 0.436. The molecular weight excluding hydrogens is 106 g/mol. The van der Waals surface area contributed by atoms with Gasteiger partial charge in [-0.05, 0) is 0 Å². The Morgan fingerprint density at radius 3 is 1.75 bits per heavy atom. The van der Waals surface area contributed by atoms with Crippen LogP contribution in [-0.4, -0.2) is 14.8 Å². The lowest BCUT2D eigenvalue weighted by molar-refractivity contribution is 0.387. The van der Waals surface area contributed by atoms with E-state index in [9.17, 15) is 0 Å². The Morgan fingerprint density at radius 2 is 1.62 bits per heavy atom. The van der Waals surface area contributed by atoms with E-state index in [1.54, 1.807) is 7.05 Å². The number of aromatic hydroxyl groups is 2. The Morgan fingerprint density at radius 1 is 1.25 bits per heavy atom. The molecule has 0 radical (unpaired) electrons. The zero-order valence-electron chi connectivity index (χ0n) is 4.50. The molecule has 3 nitrogen and oxygen atoms in total. The first-order valence-corrected chi connectivity index (χ1v) is 2.25. The normalized spacial score (nSPS) is 9.62. The molecule has 0 spiro atoms. The standard InChI is InChI=1S/C5H7NO2/c1-6-4(7)2-3-5(6)8/h2-3,7-8H,1H3. The molecule has 8 heavy (non-hydrogen) atoms. The van der Waals surface area contributed by atoms with E-state index in [2.05, 4.69) is 0 Å². The molecule has 0 aromatic carbocycles. The van der Waals surface area contributed by atoms with Gasteiger partial charge in [0.1, 0.15) is 0 Å². The third kappa shape index (κ3) is 0.521. The van der Waals surface area contributed by atoms with Crippen molar-refractivity contribution in [1.29, 1.82) is 0 Å². The summed E-state index contributed by atoms with van der Waals surface area (Å²) in [4.78, 5) is 0. The molecule has 1 heterocycles. The van der Waals surface area contributed by atoms with E-state index in [4.69, 9.17) is 10.2 Å². The summed E-state index contributed by atoms with van der Waals surface area (Å²) in [5, 5.41) is 17.5. The largest absolute Gasteiger partial charge is 0.494 e. The van der Waals surface area contributed by atoms with Crippen LogP contribution in [0.1, 0.15) is 0 Å². The minimum Gasteiger partial charge on any atom is -0.494 e. The monoisotopic (exact) mass is 113 g/mol. The minimum absolute atomic E-state index is 0.0718. The first-order chi connectivity index (χ1) is 3.72. The van der Waals surface area contributed by atoms with Crippen LogP contribution < -0.4 is 0 Å². The average molecular weight is 113 g/mol. The van der Waals surface area contributed by atoms with Gasteiger partial charge in [-0.1, -0.05) is 0 Å². The number of hydrogen-bond acceptors (Lipinski definition) is 2. The van der Waals surface area contributed by atoms with Crippen molar-refractivity contribution in [3.05, 3.63) is 12.1 Å². The molecule has 0 aliphatic rings. The zero-order chi connectivity index (χ0) is 6.15. The number of rotatable bonds is 0. The molecule has 0 saturated carbocycles. The van der Waals surface area contributed by atoms with Gasteiger partial charge in [-0.2, -0.15) is 0 Å². The van der Waals surface area contributed by atoms with Crippen LogP contribution >= 0.6 is 0 Å². The van der Waals surface area contributed by atoms with E-state index >= 15 is 0 Å². The van der Waals surface area contributed by atoms with Crippen LogP contribution in [0.25, 0.3) is 0 Å². The minimum atomic E-state index is 0.0718. The fourth-order valence-corrected chi connectivity index (χ4v) is 0.490. The second kappa shape index (κ2) is 1.43. The molecule has 1 aromatic rings. The molecule has 0 unspecified atom stereocenters. The smallest absolute Gasteiger partial charge is 0.193 e. The Balaban J connectivity index is 3.19. The molecular formula is C5H7NO2. The Labute approximate surface area is 46.8 Å². The van der Waals surface area contributed by atoms with Crippen LogP contribution in [0.15, 0.2) is 12.1 Å². The highest BCUT2D eigenvalue weighted by Crippen LogP contribution is 2.17. The van der Waals surface area contributed by atoms with Crippen LogP contribution in [0, 0.1) is 0 Å². The van der Waals surface area contributed by atoms with E-state index in [0.29, 0.717) is 0 Å². The fraction of sp³-hybridized carbons (Fsp3) is 0.200. The van der Waals surface area contributed by atoms with Crippen molar-refractivity contribution in [2.75, 3.05) is 0 Å². The van der Waals surface area contributed by atoms with Crippen LogP contribution in [0.2, 0.25) is 0 Å². The van der Waals surface area contributed by atoms with E-state index in [-0.39, 0.29) is 11.8 Å². The van der Waals surface area contributed by atoms with Crippen LogP contribution in [0.5, 0.6) is 11.8 Å². The molecule has 3 heteroatoms. The molecule has 0 bridgehead atoms. The molecule has 44 valence electrons. The summed E-state index contributed by atoms with van der Waals surface area (Å²) >= 11 is 0. The van der Waals surface area contributed by atoms with Gasteiger partial charge in [0.15, 0.2) is 11.8 Å². The van der Waals surface area contributed by atoms with Crippen molar-refractivity contribution in [2.24, 2.45) is 7.05 Å². The molecule has 1 rings (SSSR count). The first-order valence-electron chi connectivity index (χ1n) is 2.25. The third-order valence-electron chi connectivity index (χ3n) is 1.07. The lowest BCUT2D eigenvalue weighted by atomic mass is 10.6. The summed E-state index contributed by atoms with van der Waals surface area (Å²) < 4.78 is 1.28. The highest BCUT2D eigenvalue weighted by atomic mass is 16.3. The van der Waals surface area contributed by atoms with Crippen molar-refractivity contribution in [3.8, 4) is 11.8 Å². The SMILES string of the molecule is Cn1c(O)ccc1O. The van der Waals surface area contributed by atoms with Gasteiger partial charge in [-0.3, -0.25) is 4.57 Å². The van der Waals surface area contributed by atoms with E-state index < -0.39 is 0 Å². The van der Waals surface area contributed by atoms with E-state index in [0.717, 1.165) is 0 Å².